The predicted molar refractivity (Wildman–Crippen MR) is 76.7 cm³/mol. The van der Waals surface area contributed by atoms with E-state index in [0.717, 1.165) is 29.7 Å². The van der Waals surface area contributed by atoms with Gasteiger partial charge in [-0.25, -0.2) is 0 Å². The summed E-state index contributed by atoms with van der Waals surface area (Å²) in [6, 6.07) is 8.47. The van der Waals surface area contributed by atoms with Crippen LogP contribution in [0.1, 0.15) is 31.2 Å². The van der Waals surface area contributed by atoms with Crippen molar-refractivity contribution in [3.63, 3.8) is 0 Å². The van der Waals surface area contributed by atoms with E-state index >= 15 is 0 Å². The van der Waals surface area contributed by atoms with Gasteiger partial charge in [0, 0.05) is 11.6 Å². The molecule has 0 amide bonds. The van der Waals surface area contributed by atoms with E-state index in [-0.39, 0.29) is 6.92 Å². The van der Waals surface area contributed by atoms with Crippen LogP contribution in [-0.2, 0) is 4.84 Å². The van der Waals surface area contributed by atoms with E-state index in [1.54, 1.807) is 7.11 Å². The molecule has 3 rings (SSSR count). The molecule has 0 bridgehead atoms. The fourth-order valence-corrected chi connectivity index (χ4v) is 2.23. The first-order valence-electron chi connectivity index (χ1n) is 6.94. The highest BCUT2D eigenvalue weighted by molar-refractivity contribution is 6.68. The number of hydrogen-bond donors (Lipinski definition) is 2. The van der Waals surface area contributed by atoms with Gasteiger partial charge in [0.25, 0.3) is 0 Å². The molecule has 0 saturated heterocycles. The summed E-state index contributed by atoms with van der Waals surface area (Å²) < 4.78 is 0. The predicted octanol–water partition coefficient (Wildman–Crippen LogP) is 1.10. The van der Waals surface area contributed by atoms with Gasteiger partial charge in [-0.15, -0.1) is 0 Å². The van der Waals surface area contributed by atoms with Crippen LogP contribution in [-0.4, -0.2) is 30.9 Å². The van der Waals surface area contributed by atoms with Crippen molar-refractivity contribution in [2.75, 3.05) is 7.11 Å². The lowest BCUT2D eigenvalue weighted by molar-refractivity contribution is 0.212. The summed E-state index contributed by atoms with van der Waals surface area (Å²) >= 11 is 0. The Labute approximate surface area is 114 Å². The SMILES string of the molecule is CO/N=C(/NC1CC1)c1cccc(B(O)C2CC2)c1. The minimum atomic E-state index is -0.343. The largest absolute Gasteiger partial charge is 0.446 e. The van der Waals surface area contributed by atoms with Crippen molar-refractivity contribution in [3.05, 3.63) is 29.8 Å². The van der Waals surface area contributed by atoms with Crippen molar-refractivity contribution in [2.45, 2.75) is 37.5 Å². The number of amidine groups is 1. The Morgan fingerprint density at radius 1 is 1.37 bits per heavy atom. The molecule has 4 nitrogen and oxygen atoms in total. The third-order valence-electron chi connectivity index (χ3n) is 3.67. The Bertz CT molecular complexity index is 484. The van der Waals surface area contributed by atoms with Crippen LogP contribution in [0.5, 0.6) is 0 Å². The van der Waals surface area contributed by atoms with Crippen LogP contribution in [0.15, 0.2) is 29.4 Å². The van der Waals surface area contributed by atoms with Crippen molar-refractivity contribution in [2.24, 2.45) is 5.16 Å². The fourth-order valence-electron chi connectivity index (χ4n) is 2.23. The van der Waals surface area contributed by atoms with Gasteiger partial charge in [0.1, 0.15) is 7.11 Å². The zero-order valence-electron chi connectivity index (χ0n) is 11.2. The molecule has 2 fully saturated rings. The topological polar surface area (TPSA) is 53.8 Å². The third-order valence-corrected chi connectivity index (χ3v) is 3.67. The summed E-state index contributed by atoms with van der Waals surface area (Å²) in [5.41, 5.74) is 1.95. The lowest BCUT2D eigenvalue weighted by Gasteiger charge is -2.11. The van der Waals surface area contributed by atoms with Crippen molar-refractivity contribution < 1.29 is 9.86 Å². The molecule has 0 unspecified atom stereocenters. The zero-order chi connectivity index (χ0) is 13.2. The van der Waals surface area contributed by atoms with Gasteiger partial charge in [-0.05, 0) is 24.1 Å². The van der Waals surface area contributed by atoms with Crippen LogP contribution in [0.25, 0.3) is 0 Å². The standard InChI is InChI=1S/C14H19BN2O2/c1-19-17-14(16-13-7-8-13)10-3-2-4-12(9-10)15(18)11-5-6-11/h2-4,9,11,13,18H,5-8H2,1H3,(H,16,17). The number of rotatable bonds is 5. The molecule has 2 saturated carbocycles. The molecule has 2 N–H and O–H groups in total. The Morgan fingerprint density at radius 2 is 2.16 bits per heavy atom. The highest BCUT2D eigenvalue weighted by atomic mass is 16.6. The number of nitrogens with zero attached hydrogens (tertiary/aromatic N) is 1. The zero-order valence-corrected chi connectivity index (χ0v) is 11.2. The Hall–Kier alpha value is -1.49. The lowest BCUT2D eigenvalue weighted by Crippen LogP contribution is -2.33. The fraction of sp³-hybridized carbons (Fsp3) is 0.500. The van der Waals surface area contributed by atoms with Gasteiger partial charge in [0.15, 0.2) is 5.84 Å². The molecule has 0 aliphatic heterocycles. The first-order chi connectivity index (χ1) is 9.28. The summed E-state index contributed by atoms with van der Waals surface area (Å²) in [5, 5.41) is 17.6. The summed E-state index contributed by atoms with van der Waals surface area (Å²) in [5.74, 6) is 1.20. The maximum absolute atomic E-state index is 10.2. The van der Waals surface area contributed by atoms with Gasteiger partial charge in [0.2, 0.25) is 0 Å². The van der Waals surface area contributed by atoms with Crippen molar-refractivity contribution >= 4 is 18.2 Å². The van der Waals surface area contributed by atoms with Gasteiger partial charge in [-0.2, -0.15) is 0 Å². The molecule has 19 heavy (non-hydrogen) atoms. The molecule has 100 valence electrons. The van der Waals surface area contributed by atoms with Gasteiger partial charge in [-0.3, -0.25) is 0 Å². The molecule has 0 radical (unpaired) electrons. The molecule has 2 aliphatic carbocycles. The van der Waals surface area contributed by atoms with E-state index in [4.69, 9.17) is 4.84 Å². The summed E-state index contributed by atoms with van der Waals surface area (Å²) in [7, 11) is 1.55. The molecule has 0 atom stereocenters. The molecular formula is C14H19BN2O2. The molecule has 1 aromatic carbocycles. The van der Waals surface area contributed by atoms with E-state index in [9.17, 15) is 5.02 Å². The number of oxime groups is 1. The highest BCUT2D eigenvalue weighted by Crippen LogP contribution is 2.37. The number of hydrogen-bond acceptors (Lipinski definition) is 3. The summed E-state index contributed by atoms with van der Waals surface area (Å²) in [4.78, 5) is 4.91. The lowest BCUT2D eigenvalue weighted by atomic mass is 9.56. The van der Waals surface area contributed by atoms with Crippen LogP contribution >= 0.6 is 0 Å². The van der Waals surface area contributed by atoms with Crippen LogP contribution in [0, 0.1) is 0 Å². The Morgan fingerprint density at radius 3 is 2.79 bits per heavy atom. The van der Waals surface area contributed by atoms with Gasteiger partial charge < -0.3 is 15.2 Å². The van der Waals surface area contributed by atoms with Crippen LogP contribution < -0.4 is 10.8 Å². The van der Waals surface area contributed by atoms with E-state index in [0.29, 0.717) is 11.9 Å². The highest BCUT2D eigenvalue weighted by Gasteiger charge is 2.35. The molecule has 0 spiro atoms. The van der Waals surface area contributed by atoms with E-state index < -0.39 is 0 Å². The second-order valence-corrected chi connectivity index (χ2v) is 5.45. The quantitative estimate of drug-likeness (QED) is 0.360. The first-order valence-corrected chi connectivity index (χ1v) is 6.94. The van der Waals surface area contributed by atoms with E-state index in [2.05, 4.69) is 10.5 Å². The number of benzene rings is 1. The maximum Gasteiger partial charge on any atom is 0.326 e. The molecule has 1 aromatic rings. The molecule has 2 aliphatic rings. The monoisotopic (exact) mass is 258 g/mol. The second-order valence-electron chi connectivity index (χ2n) is 5.45. The molecule has 0 aromatic heterocycles. The molecule has 0 heterocycles. The van der Waals surface area contributed by atoms with Crippen molar-refractivity contribution in [3.8, 4) is 0 Å². The van der Waals surface area contributed by atoms with E-state index in [1.165, 1.54) is 12.8 Å². The summed E-state index contributed by atoms with van der Waals surface area (Å²) in [6.45, 7) is -0.343. The van der Waals surface area contributed by atoms with Crippen LogP contribution in [0.2, 0.25) is 5.82 Å². The Kier molecular flexibility index (Phi) is 3.47. The molecular weight excluding hydrogens is 239 g/mol. The molecule has 5 heteroatoms. The average Bonchev–Trinajstić information content (AvgIpc) is 3.29. The maximum atomic E-state index is 10.2. The van der Waals surface area contributed by atoms with E-state index in [1.807, 2.05) is 24.3 Å². The normalized spacial score (nSPS) is 19.2. The van der Waals surface area contributed by atoms with Crippen molar-refractivity contribution in [1.29, 1.82) is 0 Å². The van der Waals surface area contributed by atoms with Crippen LogP contribution in [0.4, 0.5) is 0 Å². The minimum absolute atomic E-state index is 0.343. The van der Waals surface area contributed by atoms with Crippen LogP contribution in [0.3, 0.4) is 0 Å². The second kappa shape index (κ2) is 5.25. The average molecular weight is 258 g/mol. The first kappa shape index (κ1) is 12.5. The smallest absolute Gasteiger partial charge is 0.326 e. The number of nitrogens with one attached hydrogen (secondary N) is 1. The third kappa shape index (κ3) is 3.10. The van der Waals surface area contributed by atoms with Gasteiger partial charge >= 0.3 is 6.92 Å². The van der Waals surface area contributed by atoms with Gasteiger partial charge in [0.05, 0.1) is 0 Å². The summed E-state index contributed by atoms with van der Waals surface area (Å²) in [6.07, 6.45) is 4.63. The van der Waals surface area contributed by atoms with Gasteiger partial charge in [-0.1, -0.05) is 42.3 Å². The Balaban J connectivity index is 1.81. The van der Waals surface area contributed by atoms with Crippen molar-refractivity contribution in [1.82, 2.24) is 5.32 Å². The minimum Gasteiger partial charge on any atom is -0.446 e.